The Hall–Kier alpha value is -1.31. The van der Waals surface area contributed by atoms with Crippen molar-refractivity contribution in [3.63, 3.8) is 0 Å². The van der Waals surface area contributed by atoms with E-state index in [0.717, 1.165) is 4.47 Å². The largest absolute Gasteiger partial charge is 0.495 e. The molecular weight excluding hydrogens is 368 g/mol. The Balaban J connectivity index is 2.40. The average molecular weight is 378 g/mol. The fourth-order valence-corrected chi connectivity index (χ4v) is 3.19. The maximum atomic E-state index is 12.3. The van der Waals surface area contributed by atoms with Crippen molar-refractivity contribution in [2.75, 3.05) is 11.8 Å². The first-order valence-corrected chi connectivity index (χ1v) is 8.06. The third-order valence-corrected chi connectivity index (χ3v) is 4.48. The van der Waals surface area contributed by atoms with E-state index in [2.05, 4.69) is 25.6 Å². The third kappa shape index (κ3) is 3.41. The normalized spacial score (nSPS) is 11.2. The molecule has 1 heterocycles. The highest BCUT2D eigenvalue weighted by atomic mass is 79.9. The van der Waals surface area contributed by atoms with Crippen molar-refractivity contribution in [1.29, 1.82) is 0 Å². The van der Waals surface area contributed by atoms with Crippen molar-refractivity contribution in [3.05, 3.63) is 46.2 Å². The fraction of sp³-hybridized carbons (Fsp3) is 0.0833. The molecule has 106 valence electrons. The molecule has 8 heteroatoms. The van der Waals surface area contributed by atoms with E-state index in [4.69, 9.17) is 16.3 Å². The minimum atomic E-state index is -3.76. The van der Waals surface area contributed by atoms with Gasteiger partial charge in [-0.2, -0.15) is 0 Å². The van der Waals surface area contributed by atoms with E-state index < -0.39 is 10.0 Å². The van der Waals surface area contributed by atoms with Crippen LogP contribution >= 0.6 is 27.5 Å². The van der Waals surface area contributed by atoms with Crippen LogP contribution in [-0.4, -0.2) is 20.5 Å². The minimum absolute atomic E-state index is 0.0273. The van der Waals surface area contributed by atoms with Crippen LogP contribution in [0, 0.1) is 0 Å². The second-order valence-electron chi connectivity index (χ2n) is 3.76. The van der Waals surface area contributed by atoms with Crippen molar-refractivity contribution < 1.29 is 13.2 Å². The van der Waals surface area contributed by atoms with Gasteiger partial charge in [-0.3, -0.25) is 4.72 Å². The predicted octanol–water partition coefficient (Wildman–Crippen LogP) is 3.31. The molecule has 2 aromatic rings. The van der Waals surface area contributed by atoms with E-state index in [1.807, 2.05) is 0 Å². The lowest BCUT2D eigenvalue weighted by Gasteiger charge is -2.12. The monoisotopic (exact) mass is 376 g/mol. The molecule has 2 rings (SSSR count). The van der Waals surface area contributed by atoms with Crippen LogP contribution in [0.25, 0.3) is 0 Å². The lowest BCUT2D eigenvalue weighted by molar-refractivity contribution is 0.417. The molecule has 0 spiro atoms. The van der Waals surface area contributed by atoms with E-state index in [-0.39, 0.29) is 10.0 Å². The lowest BCUT2D eigenvalue weighted by Crippen LogP contribution is -2.13. The summed E-state index contributed by atoms with van der Waals surface area (Å²) in [5.41, 5.74) is 0.329. The molecule has 0 amide bonds. The van der Waals surface area contributed by atoms with E-state index in [1.54, 1.807) is 18.2 Å². The molecule has 20 heavy (non-hydrogen) atoms. The van der Waals surface area contributed by atoms with Crippen LogP contribution in [0.4, 0.5) is 5.69 Å². The number of pyridine rings is 1. The number of methoxy groups -OCH3 is 1. The van der Waals surface area contributed by atoms with Gasteiger partial charge < -0.3 is 4.74 Å². The number of hydrogen-bond donors (Lipinski definition) is 1. The Morgan fingerprint density at radius 2 is 2.05 bits per heavy atom. The number of aromatic nitrogens is 1. The molecular formula is C12H10BrClN2O3S. The number of benzene rings is 1. The summed E-state index contributed by atoms with van der Waals surface area (Å²) in [6.07, 6.45) is 1.33. The number of hydrogen-bond acceptors (Lipinski definition) is 4. The molecule has 0 aliphatic carbocycles. The van der Waals surface area contributed by atoms with Gasteiger partial charge in [-0.1, -0.05) is 27.5 Å². The molecule has 0 fully saturated rings. The molecule has 0 saturated carbocycles. The summed E-state index contributed by atoms with van der Waals surface area (Å²) in [5, 5.41) is 0.106. The van der Waals surface area contributed by atoms with Crippen molar-refractivity contribution in [2.24, 2.45) is 0 Å². The Labute approximate surface area is 130 Å². The number of ether oxygens (including phenoxy) is 1. The average Bonchev–Trinajstić information content (AvgIpc) is 2.38. The van der Waals surface area contributed by atoms with Gasteiger partial charge in [0.15, 0.2) is 0 Å². The third-order valence-electron chi connectivity index (χ3n) is 2.41. The van der Waals surface area contributed by atoms with Gasteiger partial charge in [-0.25, -0.2) is 13.4 Å². The Morgan fingerprint density at radius 1 is 1.30 bits per heavy atom. The second kappa shape index (κ2) is 5.99. The smallest absolute Gasteiger partial charge is 0.262 e. The molecule has 0 unspecified atom stereocenters. The first kappa shape index (κ1) is 15.1. The van der Waals surface area contributed by atoms with Gasteiger partial charge >= 0.3 is 0 Å². The van der Waals surface area contributed by atoms with Gasteiger partial charge in [-0.15, -0.1) is 0 Å². The van der Waals surface area contributed by atoms with Crippen LogP contribution in [0.3, 0.4) is 0 Å². The van der Waals surface area contributed by atoms with E-state index >= 15 is 0 Å². The lowest BCUT2D eigenvalue weighted by atomic mass is 10.3. The summed E-state index contributed by atoms with van der Waals surface area (Å²) in [5.74, 6) is 0.414. The second-order valence-corrected chi connectivity index (χ2v) is 6.75. The van der Waals surface area contributed by atoms with Gasteiger partial charge in [0, 0.05) is 10.7 Å². The van der Waals surface area contributed by atoms with Crippen molar-refractivity contribution in [1.82, 2.24) is 4.98 Å². The van der Waals surface area contributed by atoms with Crippen molar-refractivity contribution in [2.45, 2.75) is 4.90 Å². The van der Waals surface area contributed by atoms with E-state index in [1.165, 1.54) is 25.4 Å². The van der Waals surface area contributed by atoms with Crippen LogP contribution in [0.15, 0.2) is 45.9 Å². The predicted molar refractivity (Wildman–Crippen MR) is 80.7 cm³/mol. The van der Waals surface area contributed by atoms with Crippen LogP contribution in [0.5, 0.6) is 5.75 Å². The molecule has 0 saturated heterocycles. The zero-order valence-corrected chi connectivity index (χ0v) is 13.5. The molecule has 0 aliphatic rings. The standard InChI is InChI=1S/C12H10BrClN2O3S/c1-19-11-3-2-8(13)6-10(11)16-20(17,18)9-4-5-15-12(14)7-9/h2-7,16H,1H3. The Kier molecular flexibility index (Phi) is 4.52. The summed E-state index contributed by atoms with van der Waals surface area (Å²) < 4.78 is 32.8. The summed E-state index contributed by atoms with van der Waals surface area (Å²) in [6.45, 7) is 0. The molecule has 1 aromatic heterocycles. The summed E-state index contributed by atoms with van der Waals surface area (Å²) in [4.78, 5) is 3.78. The number of sulfonamides is 1. The van der Waals surface area contributed by atoms with Crippen LogP contribution in [-0.2, 0) is 10.0 Å². The highest BCUT2D eigenvalue weighted by Gasteiger charge is 2.17. The molecule has 0 radical (unpaired) electrons. The molecule has 5 nitrogen and oxygen atoms in total. The van der Waals surface area contributed by atoms with Crippen LogP contribution < -0.4 is 9.46 Å². The summed E-state index contributed by atoms with van der Waals surface area (Å²) in [6, 6.07) is 7.65. The van der Waals surface area contributed by atoms with Gasteiger partial charge in [0.05, 0.1) is 17.7 Å². The topological polar surface area (TPSA) is 68.3 Å². The zero-order chi connectivity index (χ0) is 14.8. The maximum absolute atomic E-state index is 12.3. The summed E-state index contributed by atoms with van der Waals surface area (Å²) >= 11 is 8.98. The van der Waals surface area contributed by atoms with Gasteiger partial charge in [0.2, 0.25) is 0 Å². The first-order valence-electron chi connectivity index (χ1n) is 5.40. The number of rotatable bonds is 4. The number of nitrogens with one attached hydrogen (secondary N) is 1. The number of nitrogens with zero attached hydrogens (tertiary/aromatic N) is 1. The summed E-state index contributed by atoms with van der Waals surface area (Å²) in [7, 11) is -2.30. The Morgan fingerprint density at radius 3 is 2.70 bits per heavy atom. The molecule has 0 aliphatic heterocycles. The molecule has 0 bridgehead atoms. The SMILES string of the molecule is COc1ccc(Br)cc1NS(=O)(=O)c1ccnc(Cl)c1. The van der Waals surface area contributed by atoms with Crippen LogP contribution in [0.2, 0.25) is 5.15 Å². The first-order chi connectivity index (χ1) is 9.42. The molecule has 1 aromatic carbocycles. The highest BCUT2D eigenvalue weighted by molar-refractivity contribution is 9.10. The minimum Gasteiger partial charge on any atom is -0.495 e. The zero-order valence-electron chi connectivity index (χ0n) is 10.3. The van der Waals surface area contributed by atoms with E-state index in [0.29, 0.717) is 11.4 Å². The quantitative estimate of drug-likeness (QED) is 0.830. The number of anilines is 1. The van der Waals surface area contributed by atoms with Gasteiger partial charge in [0.1, 0.15) is 10.9 Å². The molecule has 0 atom stereocenters. The maximum Gasteiger partial charge on any atom is 0.262 e. The van der Waals surface area contributed by atoms with Gasteiger partial charge in [-0.05, 0) is 30.3 Å². The van der Waals surface area contributed by atoms with Gasteiger partial charge in [0.25, 0.3) is 10.0 Å². The van der Waals surface area contributed by atoms with Crippen molar-refractivity contribution >= 4 is 43.2 Å². The van der Waals surface area contributed by atoms with E-state index in [9.17, 15) is 8.42 Å². The fourth-order valence-electron chi connectivity index (χ4n) is 1.52. The van der Waals surface area contributed by atoms with Crippen LogP contribution in [0.1, 0.15) is 0 Å². The number of halogens is 2. The Bertz CT molecular complexity index is 737. The molecule has 1 N–H and O–H groups in total. The highest BCUT2D eigenvalue weighted by Crippen LogP contribution is 2.30. The van der Waals surface area contributed by atoms with Crippen molar-refractivity contribution in [3.8, 4) is 5.75 Å².